The SMILES string of the molecule is CCNC(=NCc1nc(C)no1)N1CCC(CN(CC)C(=O)OC(C)(C)C)CC1.I. The number of halogens is 1. The highest BCUT2D eigenvalue weighted by atomic mass is 127. The van der Waals surface area contributed by atoms with Crippen molar-refractivity contribution in [2.24, 2.45) is 10.9 Å². The average Bonchev–Trinajstić information content (AvgIpc) is 3.07. The third kappa shape index (κ3) is 8.65. The summed E-state index contributed by atoms with van der Waals surface area (Å²) < 4.78 is 10.7. The van der Waals surface area contributed by atoms with Crippen LogP contribution in [0.15, 0.2) is 9.52 Å². The first-order valence-electron chi connectivity index (χ1n) is 10.5. The Balaban J connectivity index is 0.00000450. The number of ether oxygens (including phenoxy) is 1. The van der Waals surface area contributed by atoms with Gasteiger partial charge in [-0.05, 0) is 60.3 Å². The predicted molar refractivity (Wildman–Crippen MR) is 127 cm³/mol. The van der Waals surface area contributed by atoms with Crippen molar-refractivity contribution in [1.82, 2.24) is 25.3 Å². The molecule has 0 aliphatic carbocycles. The van der Waals surface area contributed by atoms with E-state index in [1.54, 1.807) is 6.92 Å². The van der Waals surface area contributed by atoms with Gasteiger partial charge in [-0.3, -0.25) is 0 Å². The van der Waals surface area contributed by atoms with Gasteiger partial charge in [-0.15, -0.1) is 24.0 Å². The van der Waals surface area contributed by atoms with Gasteiger partial charge in [0.25, 0.3) is 0 Å². The van der Waals surface area contributed by atoms with Crippen LogP contribution in [0.1, 0.15) is 59.2 Å². The molecule has 0 spiro atoms. The van der Waals surface area contributed by atoms with Gasteiger partial charge in [-0.2, -0.15) is 4.98 Å². The van der Waals surface area contributed by atoms with E-state index in [-0.39, 0.29) is 30.1 Å². The lowest BCUT2D eigenvalue weighted by molar-refractivity contribution is 0.0214. The summed E-state index contributed by atoms with van der Waals surface area (Å²) >= 11 is 0. The van der Waals surface area contributed by atoms with Crippen molar-refractivity contribution in [2.45, 2.75) is 66.5 Å². The smallest absolute Gasteiger partial charge is 0.410 e. The molecule has 0 radical (unpaired) electrons. The summed E-state index contributed by atoms with van der Waals surface area (Å²) in [7, 11) is 0. The van der Waals surface area contributed by atoms with Crippen LogP contribution < -0.4 is 5.32 Å². The van der Waals surface area contributed by atoms with E-state index in [1.807, 2.05) is 32.6 Å². The van der Waals surface area contributed by atoms with Crippen LogP contribution in [-0.4, -0.2) is 70.3 Å². The number of hydrogen-bond acceptors (Lipinski definition) is 6. The quantitative estimate of drug-likeness (QED) is 0.338. The fraction of sp³-hybridized carbons (Fsp3) is 0.800. The molecule has 1 N–H and O–H groups in total. The van der Waals surface area contributed by atoms with E-state index in [9.17, 15) is 4.79 Å². The summed E-state index contributed by atoms with van der Waals surface area (Å²) in [5.74, 6) is 2.46. The highest BCUT2D eigenvalue weighted by Crippen LogP contribution is 2.20. The Morgan fingerprint density at radius 1 is 1.33 bits per heavy atom. The van der Waals surface area contributed by atoms with E-state index in [1.165, 1.54) is 0 Å². The largest absolute Gasteiger partial charge is 0.444 e. The molecule has 0 unspecified atom stereocenters. The monoisotopic (exact) mass is 536 g/mol. The fourth-order valence-electron chi connectivity index (χ4n) is 3.27. The zero-order chi connectivity index (χ0) is 21.4. The molecule has 1 aromatic rings. The van der Waals surface area contributed by atoms with Gasteiger partial charge in [-0.25, -0.2) is 9.79 Å². The first kappa shape index (κ1) is 26.4. The Labute approximate surface area is 197 Å². The number of piperidine rings is 1. The topological polar surface area (TPSA) is 96.1 Å². The van der Waals surface area contributed by atoms with Crippen molar-refractivity contribution in [2.75, 3.05) is 32.7 Å². The Hall–Kier alpha value is -1.59. The third-order valence-electron chi connectivity index (χ3n) is 4.69. The molecule has 9 nitrogen and oxygen atoms in total. The maximum Gasteiger partial charge on any atom is 0.410 e. The Bertz CT molecular complexity index is 680. The Morgan fingerprint density at radius 3 is 2.50 bits per heavy atom. The minimum atomic E-state index is -0.470. The molecule has 0 saturated carbocycles. The van der Waals surface area contributed by atoms with Crippen LogP contribution in [0, 0.1) is 12.8 Å². The van der Waals surface area contributed by atoms with Crippen LogP contribution in [0.3, 0.4) is 0 Å². The lowest BCUT2D eigenvalue weighted by Gasteiger charge is -2.36. The van der Waals surface area contributed by atoms with E-state index >= 15 is 0 Å². The zero-order valence-corrected chi connectivity index (χ0v) is 21.4. The molecule has 1 aromatic heterocycles. The standard InChI is InChI=1S/C20H36N6O3.HI/c1-7-21-18(22-13-17-23-15(3)24-29-17)26-11-9-16(10-12-26)14-25(8-2)19(27)28-20(4,5)6;/h16H,7-14H2,1-6H3,(H,21,22);1H. The minimum absolute atomic E-state index is 0. The number of nitrogens with zero attached hydrogens (tertiary/aromatic N) is 5. The van der Waals surface area contributed by atoms with Crippen LogP contribution >= 0.6 is 24.0 Å². The summed E-state index contributed by atoms with van der Waals surface area (Å²) in [5.41, 5.74) is -0.470. The molecule has 0 atom stereocenters. The molecular formula is C20H37IN6O3. The number of aliphatic imine (C=N–C) groups is 1. The molecule has 1 fully saturated rings. The number of nitrogens with one attached hydrogen (secondary N) is 1. The zero-order valence-electron chi connectivity index (χ0n) is 19.1. The van der Waals surface area contributed by atoms with Gasteiger partial charge in [0.05, 0.1) is 0 Å². The van der Waals surface area contributed by atoms with E-state index in [2.05, 4.69) is 32.3 Å². The second-order valence-corrected chi connectivity index (χ2v) is 8.35. The maximum absolute atomic E-state index is 12.4. The van der Waals surface area contributed by atoms with Crippen molar-refractivity contribution in [3.63, 3.8) is 0 Å². The van der Waals surface area contributed by atoms with Crippen LogP contribution in [0.2, 0.25) is 0 Å². The Kier molecular flexibility index (Phi) is 10.9. The molecule has 172 valence electrons. The lowest BCUT2D eigenvalue weighted by atomic mass is 9.96. The van der Waals surface area contributed by atoms with Crippen LogP contribution in [0.25, 0.3) is 0 Å². The molecular weight excluding hydrogens is 499 g/mol. The maximum atomic E-state index is 12.4. The van der Waals surface area contributed by atoms with E-state index in [4.69, 9.17) is 9.26 Å². The van der Waals surface area contributed by atoms with Crippen molar-refractivity contribution in [1.29, 1.82) is 0 Å². The third-order valence-corrected chi connectivity index (χ3v) is 4.69. The summed E-state index contributed by atoms with van der Waals surface area (Å²) in [4.78, 5) is 25.3. The molecule has 0 bridgehead atoms. The number of guanidine groups is 1. The molecule has 2 rings (SSSR count). The molecule has 1 aliphatic rings. The number of hydrogen-bond donors (Lipinski definition) is 1. The fourth-order valence-corrected chi connectivity index (χ4v) is 3.27. The minimum Gasteiger partial charge on any atom is -0.444 e. The van der Waals surface area contributed by atoms with Crippen molar-refractivity contribution >= 4 is 36.0 Å². The van der Waals surface area contributed by atoms with Crippen LogP contribution in [0.4, 0.5) is 4.79 Å². The first-order valence-corrected chi connectivity index (χ1v) is 10.5. The van der Waals surface area contributed by atoms with Crippen LogP contribution in [-0.2, 0) is 11.3 Å². The Morgan fingerprint density at radius 2 is 2.00 bits per heavy atom. The number of rotatable bonds is 6. The number of amides is 1. The molecule has 10 heteroatoms. The van der Waals surface area contributed by atoms with Gasteiger partial charge < -0.3 is 24.4 Å². The molecule has 0 aromatic carbocycles. The van der Waals surface area contributed by atoms with Crippen LogP contribution in [0.5, 0.6) is 0 Å². The molecule has 2 heterocycles. The highest BCUT2D eigenvalue weighted by Gasteiger charge is 2.27. The lowest BCUT2D eigenvalue weighted by Crippen LogP contribution is -2.47. The second-order valence-electron chi connectivity index (χ2n) is 8.35. The van der Waals surface area contributed by atoms with Gasteiger partial charge in [-0.1, -0.05) is 5.16 Å². The number of aryl methyl sites for hydroxylation is 1. The van der Waals surface area contributed by atoms with Crippen molar-refractivity contribution in [3.05, 3.63) is 11.7 Å². The number of carbonyl (C=O) groups excluding carboxylic acids is 1. The number of likely N-dealkylation sites (tertiary alicyclic amines) is 1. The summed E-state index contributed by atoms with van der Waals surface area (Å²) in [6.07, 6.45) is 1.78. The first-order chi connectivity index (χ1) is 13.7. The molecule has 1 saturated heterocycles. The summed E-state index contributed by atoms with van der Waals surface area (Å²) in [6.45, 7) is 15.9. The van der Waals surface area contributed by atoms with Crippen molar-refractivity contribution < 1.29 is 14.1 Å². The molecule has 30 heavy (non-hydrogen) atoms. The normalized spacial score (nSPS) is 15.5. The summed E-state index contributed by atoms with van der Waals surface area (Å²) in [6, 6.07) is 0. The number of aromatic nitrogens is 2. The predicted octanol–water partition coefficient (Wildman–Crippen LogP) is 3.43. The second kappa shape index (κ2) is 12.3. The van der Waals surface area contributed by atoms with Gasteiger partial charge in [0.2, 0.25) is 5.89 Å². The van der Waals surface area contributed by atoms with Gasteiger partial charge in [0.15, 0.2) is 11.8 Å². The van der Waals surface area contributed by atoms with E-state index in [0.29, 0.717) is 30.7 Å². The van der Waals surface area contributed by atoms with Gasteiger partial charge in [0, 0.05) is 32.7 Å². The molecule has 1 amide bonds. The van der Waals surface area contributed by atoms with Gasteiger partial charge >= 0.3 is 6.09 Å². The van der Waals surface area contributed by atoms with Crippen molar-refractivity contribution in [3.8, 4) is 0 Å². The molecule has 1 aliphatic heterocycles. The summed E-state index contributed by atoms with van der Waals surface area (Å²) in [5, 5.41) is 7.14. The van der Waals surface area contributed by atoms with Gasteiger partial charge in [0.1, 0.15) is 12.1 Å². The highest BCUT2D eigenvalue weighted by molar-refractivity contribution is 14.0. The average molecular weight is 536 g/mol. The van der Waals surface area contributed by atoms with E-state index < -0.39 is 5.60 Å². The van der Waals surface area contributed by atoms with E-state index in [0.717, 1.165) is 45.0 Å². The number of carbonyl (C=O) groups is 1.